The minimum atomic E-state index is -0.890. The molecular formula is C26H27N7O2. The summed E-state index contributed by atoms with van der Waals surface area (Å²) in [5.74, 6) is 0.740. The molecule has 9 nitrogen and oxygen atoms in total. The van der Waals surface area contributed by atoms with E-state index in [0.717, 1.165) is 48.6 Å². The van der Waals surface area contributed by atoms with Crippen LogP contribution in [0.15, 0.2) is 61.1 Å². The molecule has 5 rings (SSSR count). The number of hydrogen-bond donors (Lipinski definition) is 2. The van der Waals surface area contributed by atoms with Crippen LogP contribution in [0.5, 0.6) is 5.75 Å². The zero-order valence-electron chi connectivity index (χ0n) is 19.7. The van der Waals surface area contributed by atoms with Gasteiger partial charge in [-0.2, -0.15) is 0 Å². The minimum absolute atomic E-state index is 0.306. The maximum absolute atomic E-state index is 11.4. The topological polar surface area (TPSA) is 110 Å². The smallest absolute Gasteiger partial charge is 0.409 e. The predicted octanol–water partition coefficient (Wildman–Crippen LogP) is 3.95. The molecular weight excluding hydrogens is 442 g/mol. The Bertz CT molecular complexity index is 1370. The first kappa shape index (κ1) is 22.5. The zero-order chi connectivity index (χ0) is 24.4. The molecule has 0 unspecified atom stereocenters. The standard InChI is InChI=1S/C26H27N7O2/c1-17-9-10-28-15-21(17)20-7-8-23(35-25(27)34)22-16-29-26(31-24(20)22)30-18-3-5-19(6-4-18)33-13-11-32(2)12-14-33/h3-10,15-16H,11-14H2,1-2H3,(H2,27,34)(H,29,30,31). The second-order valence-electron chi connectivity index (χ2n) is 8.64. The highest BCUT2D eigenvalue weighted by molar-refractivity contribution is 5.98. The van der Waals surface area contributed by atoms with Gasteiger partial charge in [0.2, 0.25) is 5.95 Å². The highest BCUT2D eigenvalue weighted by Crippen LogP contribution is 2.35. The molecule has 1 aliphatic heterocycles. The van der Waals surface area contributed by atoms with Crippen LogP contribution in [0, 0.1) is 6.92 Å². The zero-order valence-corrected chi connectivity index (χ0v) is 19.7. The molecule has 0 atom stereocenters. The summed E-state index contributed by atoms with van der Waals surface area (Å²) in [4.78, 5) is 29.7. The van der Waals surface area contributed by atoms with Crippen LogP contribution in [0.1, 0.15) is 5.56 Å². The van der Waals surface area contributed by atoms with Crippen LogP contribution in [0.2, 0.25) is 0 Å². The van der Waals surface area contributed by atoms with Crippen LogP contribution < -0.4 is 20.7 Å². The lowest BCUT2D eigenvalue weighted by Gasteiger charge is -2.34. The summed E-state index contributed by atoms with van der Waals surface area (Å²) >= 11 is 0. The summed E-state index contributed by atoms with van der Waals surface area (Å²) < 4.78 is 5.20. The Morgan fingerprint density at radius 1 is 1.00 bits per heavy atom. The molecule has 4 aromatic rings. The van der Waals surface area contributed by atoms with Crippen molar-refractivity contribution in [2.24, 2.45) is 5.73 Å². The van der Waals surface area contributed by atoms with E-state index in [-0.39, 0.29) is 0 Å². The van der Waals surface area contributed by atoms with Crippen molar-refractivity contribution in [1.82, 2.24) is 19.9 Å². The molecule has 0 radical (unpaired) electrons. The van der Waals surface area contributed by atoms with Gasteiger partial charge in [0.15, 0.2) is 0 Å². The lowest BCUT2D eigenvalue weighted by atomic mass is 10.00. The Morgan fingerprint density at radius 2 is 1.77 bits per heavy atom. The summed E-state index contributed by atoms with van der Waals surface area (Å²) in [6.07, 6.45) is 4.29. The molecule has 0 aliphatic carbocycles. The number of primary amides is 1. The SMILES string of the molecule is Cc1ccncc1-c1ccc(OC(N)=O)c2cnc(Nc3ccc(N4CCN(C)CC4)cc3)nc12. The number of ether oxygens (including phenoxy) is 1. The third kappa shape index (κ3) is 4.85. The normalized spacial score (nSPS) is 14.2. The number of carbonyl (C=O) groups is 1. The van der Waals surface area contributed by atoms with Crippen molar-refractivity contribution < 1.29 is 9.53 Å². The van der Waals surface area contributed by atoms with Crippen molar-refractivity contribution in [2.45, 2.75) is 6.92 Å². The molecule has 3 heterocycles. The van der Waals surface area contributed by atoms with Crippen LogP contribution in [0.4, 0.5) is 22.1 Å². The van der Waals surface area contributed by atoms with Gasteiger partial charge in [0, 0.05) is 67.3 Å². The van der Waals surface area contributed by atoms with Crippen LogP contribution >= 0.6 is 0 Å². The molecule has 178 valence electrons. The summed E-state index contributed by atoms with van der Waals surface area (Å²) in [6.45, 7) is 6.17. The fraction of sp³-hybridized carbons (Fsp3) is 0.231. The quantitative estimate of drug-likeness (QED) is 0.452. The molecule has 0 saturated carbocycles. The van der Waals surface area contributed by atoms with Gasteiger partial charge in [-0.3, -0.25) is 4.98 Å². The van der Waals surface area contributed by atoms with Gasteiger partial charge < -0.3 is 25.6 Å². The Hall–Kier alpha value is -4.24. The average Bonchev–Trinajstić information content (AvgIpc) is 2.85. The number of anilines is 3. The molecule has 1 amide bonds. The van der Waals surface area contributed by atoms with Crippen molar-refractivity contribution in [1.29, 1.82) is 0 Å². The first-order chi connectivity index (χ1) is 17.0. The minimum Gasteiger partial charge on any atom is -0.410 e. The van der Waals surface area contributed by atoms with Crippen LogP contribution in [-0.4, -0.2) is 59.2 Å². The van der Waals surface area contributed by atoms with E-state index in [9.17, 15) is 4.79 Å². The van der Waals surface area contributed by atoms with Gasteiger partial charge in [-0.25, -0.2) is 14.8 Å². The largest absolute Gasteiger partial charge is 0.410 e. The average molecular weight is 470 g/mol. The Morgan fingerprint density at radius 3 is 2.49 bits per heavy atom. The molecule has 1 fully saturated rings. The predicted molar refractivity (Wildman–Crippen MR) is 137 cm³/mol. The lowest BCUT2D eigenvalue weighted by molar-refractivity contribution is 0.211. The number of piperazine rings is 1. The number of amides is 1. The maximum atomic E-state index is 11.4. The van der Waals surface area contributed by atoms with Crippen molar-refractivity contribution in [3.05, 3.63) is 66.6 Å². The highest BCUT2D eigenvalue weighted by Gasteiger charge is 2.16. The fourth-order valence-electron chi connectivity index (χ4n) is 4.27. The third-order valence-electron chi connectivity index (χ3n) is 6.24. The van der Waals surface area contributed by atoms with E-state index in [1.165, 1.54) is 5.69 Å². The van der Waals surface area contributed by atoms with E-state index < -0.39 is 6.09 Å². The molecule has 1 saturated heterocycles. The van der Waals surface area contributed by atoms with Gasteiger partial charge >= 0.3 is 6.09 Å². The van der Waals surface area contributed by atoms with E-state index in [4.69, 9.17) is 15.5 Å². The maximum Gasteiger partial charge on any atom is 0.409 e. The number of nitrogens with two attached hydrogens (primary N) is 1. The van der Waals surface area contributed by atoms with Crippen molar-refractivity contribution in [3.8, 4) is 16.9 Å². The van der Waals surface area contributed by atoms with Gasteiger partial charge in [0.05, 0.1) is 10.9 Å². The number of nitrogens with one attached hydrogen (secondary N) is 1. The number of nitrogens with zero attached hydrogens (tertiary/aromatic N) is 5. The number of pyridine rings is 1. The number of fused-ring (bicyclic) bond motifs is 1. The third-order valence-corrected chi connectivity index (χ3v) is 6.24. The molecule has 1 aliphatic rings. The Labute approximate surface area is 203 Å². The van der Waals surface area contributed by atoms with Crippen molar-refractivity contribution in [3.63, 3.8) is 0 Å². The van der Waals surface area contributed by atoms with E-state index >= 15 is 0 Å². The first-order valence-corrected chi connectivity index (χ1v) is 11.5. The van der Waals surface area contributed by atoms with E-state index in [1.54, 1.807) is 24.7 Å². The molecule has 3 N–H and O–H groups in total. The van der Waals surface area contributed by atoms with Gasteiger partial charge in [-0.15, -0.1) is 0 Å². The van der Waals surface area contributed by atoms with Gasteiger partial charge in [0.1, 0.15) is 5.75 Å². The second kappa shape index (κ2) is 9.55. The number of carbonyl (C=O) groups excluding carboxylic acids is 1. The van der Waals surface area contributed by atoms with Gasteiger partial charge in [-0.1, -0.05) is 0 Å². The summed E-state index contributed by atoms with van der Waals surface area (Å²) in [5, 5.41) is 3.87. The van der Waals surface area contributed by atoms with Crippen LogP contribution in [-0.2, 0) is 0 Å². The number of aromatic nitrogens is 3. The van der Waals surface area contributed by atoms with Crippen molar-refractivity contribution in [2.75, 3.05) is 43.4 Å². The van der Waals surface area contributed by atoms with E-state index in [1.807, 2.05) is 31.2 Å². The van der Waals surface area contributed by atoms with E-state index in [0.29, 0.717) is 22.6 Å². The number of aryl methyl sites for hydroxylation is 1. The van der Waals surface area contributed by atoms with E-state index in [2.05, 4.69) is 44.3 Å². The second-order valence-corrected chi connectivity index (χ2v) is 8.64. The summed E-state index contributed by atoms with van der Waals surface area (Å²) in [7, 11) is 2.15. The summed E-state index contributed by atoms with van der Waals surface area (Å²) in [6, 6.07) is 13.8. The monoisotopic (exact) mass is 469 g/mol. The number of hydrogen-bond acceptors (Lipinski definition) is 8. The molecule has 2 aromatic carbocycles. The molecule has 2 aromatic heterocycles. The number of likely N-dealkylation sites (N-methyl/N-ethyl adjacent to an activating group) is 1. The molecule has 9 heteroatoms. The van der Waals surface area contributed by atoms with Crippen molar-refractivity contribution >= 4 is 34.3 Å². The Kier molecular flexibility index (Phi) is 6.15. The number of rotatable bonds is 5. The molecule has 35 heavy (non-hydrogen) atoms. The highest BCUT2D eigenvalue weighted by atomic mass is 16.5. The fourth-order valence-corrected chi connectivity index (χ4v) is 4.27. The Balaban J connectivity index is 1.47. The summed E-state index contributed by atoms with van der Waals surface area (Å²) in [5.41, 5.74) is 10.8. The van der Waals surface area contributed by atoms with Crippen LogP contribution in [0.3, 0.4) is 0 Å². The first-order valence-electron chi connectivity index (χ1n) is 11.5. The van der Waals surface area contributed by atoms with Crippen LogP contribution in [0.25, 0.3) is 22.0 Å². The molecule has 0 bridgehead atoms. The lowest BCUT2D eigenvalue weighted by Crippen LogP contribution is -2.44. The van der Waals surface area contributed by atoms with Gasteiger partial charge in [0.25, 0.3) is 0 Å². The number of benzene rings is 2. The molecule has 0 spiro atoms. The van der Waals surface area contributed by atoms with Gasteiger partial charge in [-0.05, 0) is 62.0 Å².